The van der Waals surface area contributed by atoms with Gasteiger partial charge in [0, 0.05) is 44.8 Å². The van der Waals surface area contributed by atoms with Gasteiger partial charge in [-0.05, 0) is 37.1 Å². The molecule has 0 bridgehead atoms. The van der Waals surface area contributed by atoms with Crippen LogP contribution in [0.4, 0.5) is 11.4 Å². The van der Waals surface area contributed by atoms with E-state index in [0.29, 0.717) is 32.0 Å². The average Bonchev–Trinajstić information content (AvgIpc) is 3.16. The number of morpholine rings is 1. The van der Waals surface area contributed by atoms with Crippen LogP contribution in [-0.4, -0.2) is 71.4 Å². The van der Waals surface area contributed by atoms with Gasteiger partial charge < -0.3 is 14.5 Å². The van der Waals surface area contributed by atoms with E-state index in [0.717, 1.165) is 18.8 Å². The lowest BCUT2D eigenvalue weighted by Gasteiger charge is -2.28. The van der Waals surface area contributed by atoms with Gasteiger partial charge in [0.05, 0.1) is 25.2 Å². The third kappa shape index (κ3) is 4.67. The summed E-state index contributed by atoms with van der Waals surface area (Å²) in [6.07, 6.45) is 3.74. The molecule has 1 aromatic carbocycles. The topological polar surface area (TPSA) is 70.2 Å². The van der Waals surface area contributed by atoms with Gasteiger partial charge in [0.1, 0.15) is 0 Å². The third-order valence-corrected chi connectivity index (χ3v) is 6.10. The highest BCUT2D eigenvalue weighted by molar-refractivity contribution is 7.92. The summed E-state index contributed by atoms with van der Waals surface area (Å²) in [5, 5.41) is 0. The molecular formula is C18H27N3O4S. The summed E-state index contributed by atoms with van der Waals surface area (Å²) in [5.41, 5.74) is 1.72. The lowest BCUT2D eigenvalue weighted by molar-refractivity contribution is -0.134. The molecule has 1 amide bonds. The minimum atomic E-state index is -3.45. The molecule has 0 N–H and O–H groups in total. The number of rotatable bonds is 6. The second kappa shape index (κ2) is 8.26. The highest BCUT2D eigenvalue weighted by Gasteiger charge is 2.22. The van der Waals surface area contributed by atoms with Crippen LogP contribution in [0, 0.1) is 0 Å². The van der Waals surface area contributed by atoms with Gasteiger partial charge in [0.15, 0.2) is 0 Å². The average molecular weight is 381 g/mol. The van der Waals surface area contributed by atoms with Gasteiger partial charge in [-0.15, -0.1) is 0 Å². The molecule has 2 aliphatic heterocycles. The van der Waals surface area contributed by atoms with Crippen LogP contribution < -0.4 is 9.21 Å². The summed E-state index contributed by atoms with van der Waals surface area (Å²) in [6.45, 7) is 4.47. The molecule has 144 valence electrons. The summed E-state index contributed by atoms with van der Waals surface area (Å²) in [5.74, 6) is -0.0318. The van der Waals surface area contributed by atoms with Crippen molar-refractivity contribution in [3.8, 4) is 0 Å². The molecule has 0 aromatic heterocycles. The van der Waals surface area contributed by atoms with E-state index in [1.165, 1.54) is 23.4 Å². The Bertz CT molecular complexity index is 708. The smallest absolute Gasteiger partial charge is 0.232 e. The molecule has 0 aliphatic carbocycles. The minimum Gasteiger partial charge on any atom is -0.378 e. The van der Waals surface area contributed by atoms with E-state index < -0.39 is 10.0 Å². The molecule has 7 nitrogen and oxygen atoms in total. The molecule has 3 rings (SSSR count). The molecular weight excluding hydrogens is 354 g/mol. The van der Waals surface area contributed by atoms with Crippen molar-refractivity contribution in [2.75, 3.05) is 61.4 Å². The van der Waals surface area contributed by atoms with E-state index in [4.69, 9.17) is 4.74 Å². The van der Waals surface area contributed by atoms with Crippen molar-refractivity contribution in [2.24, 2.45) is 0 Å². The zero-order valence-corrected chi connectivity index (χ0v) is 16.1. The van der Waals surface area contributed by atoms with Gasteiger partial charge in [-0.25, -0.2) is 8.42 Å². The summed E-state index contributed by atoms with van der Waals surface area (Å²) < 4.78 is 31.0. The number of ether oxygens (including phenoxy) is 1. The van der Waals surface area contributed by atoms with E-state index in [1.807, 2.05) is 24.3 Å². The lowest BCUT2D eigenvalue weighted by Crippen LogP contribution is -2.42. The number of nitrogens with zero attached hydrogens (tertiary/aromatic N) is 3. The Balaban J connectivity index is 1.66. The first kappa shape index (κ1) is 19.0. The molecule has 0 radical (unpaired) electrons. The standard InChI is InChI=1S/C18H27N3O4S/c1-26(23,24)21(11-8-18(22)20-12-14-25-15-13-20)17-6-4-16(5-7-17)19-9-2-3-10-19/h4-7H,2-3,8-15H2,1H3. The van der Waals surface area contributed by atoms with Crippen LogP contribution in [0.3, 0.4) is 0 Å². The summed E-state index contributed by atoms with van der Waals surface area (Å²) in [7, 11) is -3.45. The van der Waals surface area contributed by atoms with Crippen LogP contribution in [0.2, 0.25) is 0 Å². The predicted molar refractivity (Wildman–Crippen MR) is 102 cm³/mol. The quantitative estimate of drug-likeness (QED) is 0.743. The van der Waals surface area contributed by atoms with Gasteiger partial charge in [0.2, 0.25) is 15.9 Å². The van der Waals surface area contributed by atoms with Crippen molar-refractivity contribution in [2.45, 2.75) is 19.3 Å². The number of anilines is 2. The second-order valence-corrected chi connectivity index (χ2v) is 8.70. The Morgan fingerprint density at radius 2 is 1.69 bits per heavy atom. The fourth-order valence-electron chi connectivity index (χ4n) is 3.46. The van der Waals surface area contributed by atoms with E-state index >= 15 is 0 Å². The zero-order valence-electron chi connectivity index (χ0n) is 15.3. The number of carbonyl (C=O) groups is 1. The SMILES string of the molecule is CS(=O)(=O)N(CCC(=O)N1CCOCC1)c1ccc(N2CCCC2)cc1. The molecule has 0 unspecified atom stereocenters. The molecule has 0 atom stereocenters. The fourth-order valence-corrected chi connectivity index (χ4v) is 4.39. The Labute approximate surface area is 155 Å². The van der Waals surface area contributed by atoms with Gasteiger partial charge in [-0.1, -0.05) is 0 Å². The van der Waals surface area contributed by atoms with E-state index in [2.05, 4.69) is 4.90 Å². The number of amides is 1. The van der Waals surface area contributed by atoms with E-state index in [1.54, 1.807) is 4.90 Å². The Kier molecular flexibility index (Phi) is 6.03. The van der Waals surface area contributed by atoms with Crippen LogP contribution in [0.25, 0.3) is 0 Å². The van der Waals surface area contributed by atoms with Crippen molar-refractivity contribution in [3.05, 3.63) is 24.3 Å². The molecule has 1 aromatic rings. The van der Waals surface area contributed by atoms with Crippen molar-refractivity contribution in [3.63, 3.8) is 0 Å². The highest BCUT2D eigenvalue weighted by atomic mass is 32.2. The molecule has 0 spiro atoms. The van der Waals surface area contributed by atoms with Crippen molar-refractivity contribution >= 4 is 27.3 Å². The summed E-state index contributed by atoms with van der Waals surface area (Å²) >= 11 is 0. The normalized spacial score (nSPS) is 18.2. The van der Waals surface area contributed by atoms with Gasteiger partial charge in [-0.2, -0.15) is 0 Å². The van der Waals surface area contributed by atoms with Crippen LogP contribution in [-0.2, 0) is 19.6 Å². The predicted octanol–water partition coefficient (Wildman–Crippen LogP) is 1.30. The summed E-state index contributed by atoms with van der Waals surface area (Å²) in [4.78, 5) is 16.4. The molecule has 0 saturated carbocycles. The van der Waals surface area contributed by atoms with Crippen LogP contribution in [0.15, 0.2) is 24.3 Å². The minimum absolute atomic E-state index is 0.0318. The number of benzene rings is 1. The van der Waals surface area contributed by atoms with Gasteiger partial charge >= 0.3 is 0 Å². The zero-order chi connectivity index (χ0) is 18.6. The van der Waals surface area contributed by atoms with Crippen LogP contribution >= 0.6 is 0 Å². The molecule has 2 fully saturated rings. The Hall–Kier alpha value is -1.80. The highest BCUT2D eigenvalue weighted by Crippen LogP contribution is 2.25. The van der Waals surface area contributed by atoms with E-state index in [9.17, 15) is 13.2 Å². The van der Waals surface area contributed by atoms with Gasteiger partial charge in [-0.3, -0.25) is 9.10 Å². The Morgan fingerprint density at radius 3 is 2.27 bits per heavy atom. The number of carbonyl (C=O) groups excluding carboxylic acids is 1. The summed E-state index contributed by atoms with van der Waals surface area (Å²) in [6, 6.07) is 7.58. The maximum absolute atomic E-state index is 12.3. The van der Waals surface area contributed by atoms with Crippen molar-refractivity contribution < 1.29 is 17.9 Å². The van der Waals surface area contributed by atoms with Crippen molar-refractivity contribution in [1.29, 1.82) is 0 Å². The third-order valence-electron chi connectivity index (χ3n) is 4.90. The lowest BCUT2D eigenvalue weighted by atomic mass is 10.2. The van der Waals surface area contributed by atoms with Crippen molar-refractivity contribution in [1.82, 2.24) is 4.90 Å². The maximum Gasteiger partial charge on any atom is 0.232 e. The number of sulfonamides is 1. The van der Waals surface area contributed by atoms with Crippen LogP contribution in [0.5, 0.6) is 0 Å². The number of hydrogen-bond acceptors (Lipinski definition) is 5. The monoisotopic (exact) mass is 381 g/mol. The van der Waals surface area contributed by atoms with Crippen LogP contribution in [0.1, 0.15) is 19.3 Å². The first-order valence-electron chi connectivity index (χ1n) is 9.13. The second-order valence-electron chi connectivity index (χ2n) is 6.79. The molecule has 8 heteroatoms. The largest absolute Gasteiger partial charge is 0.378 e. The molecule has 2 saturated heterocycles. The fraction of sp³-hybridized carbons (Fsp3) is 0.611. The number of hydrogen-bond donors (Lipinski definition) is 0. The van der Waals surface area contributed by atoms with E-state index in [-0.39, 0.29) is 18.9 Å². The van der Waals surface area contributed by atoms with Gasteiger partial charge in [0.25, 0.3) is 0 Å². The molecule has 26 heavy (non-hydrogen) atoms. The molecule has 2 heterocycles. The first-order chi connectivity index (χ1) is 12.4. The maximum atomic E-state index is 12.3. The Morgan fingerprint density at radius 1 is 1.08 bits per heavy atom. The molecule has 2 aliphatic rings. The first-order valence-corrected chi connectivity index (χ1v) is 11.0.